The van der Waals surface area contributed by atoms with Gasteiger partial charge in [-0.3, -0.25) is 0 Å². The number of nitrogens with zero attached hydrogens (tertiary/aromatic N) is 1. The van der Waals surface area contributed by atoms with Gasteiger partial charge in [0, 0.05) is 24.7 Å². The van der Waals surface area contributed by atoms with E-state index in [0.717, 1.165) is 30.3 Å². The van der Waals surface area contributed by atoms with Crippen LogP contribution in [0.2, 0.25) is 0 Å². The van der Waals surface area contributed by atoms with Crippen LogP contribution >= 0.6 is 0 Å². The summed E-state index contributed by atoms with van der Waals surface area (Å²) in [4.78, 5) is 2.32. The number of rotatable bonds is 8. The van der Waals surface area contributed by atoms with E-state index in [1.165, 1.54) is 12.8 Å². The fourth-order valence-corrected chi connectivity index (χ4v) is 2.52. The lowest BCUT2D eigenvalue weighted by atomic mass is 10.1. The molecule has 1 aromatic carbocycles. The molecule has 2 rings (SSSR count). The Kier molecular flexibility index (Phi) is 5.46. The van der Waals surface area contributed by atoms with Gasteiger partial charge in [-0.2, -0.15) is 0 Å². The predicted octanol–water partition coefficient (Wildman–Crippen LogP) is 2.13. The minimum Gasteiger partial charge on any atom is -0.481 e. The number of hydrogen-bond donors (Lipinski definition) is 1. The molecule has 0 bridgehead atoms. The van der Waals surface area contributed by atoms with Crippen molar-refractivity contribution in [1.29, 1.82) is 0 Å². The van der Waals surface area contributed by atoms with Crippen molar-refractivity contribution in [2.45, 2.75) is 25.4 Å². The standard InChI is InChI=1S/C17H24N2O/c1-4-11-20-17-8-6-5-7-15(17)12-18-13-16(19(2)3)14-9-10-14/h1,5-8,14,16,18H,9-13H2,2-3H3. The Morgan fingerprint density at radius 1 is 1.40 bits per heavy atom. The van der Waals surface area contributed by atoms with Gasteiger partial charge >= 0.3 is 0 Å². The normalized spacial score (nSPS) is 15.9. The van der Waals surface area contributed by atoms with E-state index < -0.39 is 0 Å². The van der Waals surface area contributed by atoms with Crippen LogP contribution in [0.4, 0.5) is 0 Å². The second-order valence-electron chi connectivity index (χ2n) is 5.60. The number of ether oxygens (including phenoxy) is 1. The average molecular weight is 272 g/mol. The highest BCUT2D eigenvalue weighted by Gasteiger charge is 2.32. The number of likely N-dealkylation sites (N-methyl/N-ethyl adjacent to an activating group) is 1. The van der Waals surface area contributed by atoms with Crippen LogP contribution in [0.15, 0.2) is 24.3 Å². The van der Waals surface area contributed by atoms with E-state index in [1.807, 2.05) is 18.2 Å². The Morgan fingerprint density at radius 3 is 2.80 bits per heavy atom. The summed E-state index contributed by atoms with van der Waals surface area (Å²) in [7, 11) is 4.32. The Hall–Kier alpha value is -1.50. The lowest BCUT2D eigenvalue weighted by Gasteiger charge is -2.24. The van der Waals surface area contributed by atoms with Crippen molar-refractivity contribution in [2.75, 3.05) is 27.2 Å². The summed E-state index contributed by atoms with van der Waals surface area (Å²) in [5, 5.41) is 3.55. The molecular formula is C17H24N2O. The van der Waals surface area contributed by atoms with Gasteiger partial charge in [0.2, 0.25) is 0 Å². The molecule has 0 amide bonds. The van der Waals surface area contributed by atoms with Gasteiger partial charge in [-0.05, 0) is 38.9 Å². The van der Waals surface area contributed by atoms with Crippen LogP contribution in [0.25, 0.3) is 0 Å². The van der Waals surface area contributed by atoms with E-state index in [1.54, 1.807) is 0 Å². The van der Waals surface area contributed by atoms with E-state index in [2.05, 4.69) is 36.3 Å². The molecule has 0 radical (unpaired) electrons. The highest BCUT2D eigenvalue weighted by atomic mass is 16.5. The summed E-state index contributed by atoms with van der Waals surface area (Å²) in [6.07, 6.45) is 7.98. The minimum absolute atomic E-state index is 0.319. The number of benzene rings is 1. The van der Waals surface area contributed by atoms with E-state index in [0.29, 0.717) is 12.6 Å². The Bertz CT molecular complexity index is 458. The van der Waals surface area contributed by atoms with Crippen LogP contribution in [0.3, 0.4) is 0 Å². The molecule has 20 heavy (non-hydrogen) atoms. The zero-order valence-corrected chi connectivity index (χ0v) is 12.4. The Morgan fingerprint density at radius 2 is 2.15 bits per heavy atom. The molecular weight excluding hydrogens is 248 g/mol. The van der Waals surface area contributed by atoms with Crippen LogP contribution in [0, 0.1) is 18.3 Å². The highest BCUT2D eigenvalue weighted by Crippen LogP contribution is 2.34. The third-order valence-corrected chi connectivity index (χ3v) is 3.78. The first-order valence-electron chi connectivity index (χ1n) is 7.23. The van der Waals surface area contributed by atoms with Gasteiger partial charge < -0.3 is 15.0 Å². The second kappa shape index (κ2) is 7.33. The summed E-state index contributed by atoms with van der Waals surface area (Å²) in [5.74, 6) is 4.25. The quantitative estimate of drug-likeness (QED) is 0.734. The molecule has 1 aliphatic carbocycles. The minimum atomic E-state index is 0.319. The number of para-hydroxylation sites is 1. The third-order valence-electron chi connectivity index (χ3n) is 3.78. The van der Waals surface area contributed by atoms with Gasteiger partial charge in [-0.15, -0.1) is 6.42 Å². The molecule has 0 heterocycles. The average Bonchev–Trinajstić information content (AvgIpc) is 3.26. The molecule has 1 N–H and O–H groups in total. The molecule has 1 atom stereocenters. The first-order valence-corrected chi connectivity index (χ1v) is 7.23. The summed E-state index contributed by atoms with van der Waals surface area (Å²) >= 11 is 0. The van der Waals surface area contributed by atoms with Crippen LogP contribution in [0.5, 0.6) is 5.75 Å². The van der Waals surface area contributed by atoms with Crippen LogP contribution < -0.4 is 10.1 Å². The zero-order valence-electron chi connectivity index (χ0n) is 12.4. The first-order chi connectivity index (χ1) is 9.72. The molecule has 1 aliphatic rings. The Balaban J connectivity index is 1.85. The molecule has 108 valence electrons. The number of terminal acetylenes is 1. The van der Waals surface area contributed by atoms with E-state index >= 15 is 0 Å². The van der Waals surface area contributed by atoms with Gasteiger partial charge in [-0.25, -0.2) is 0 Å². The lowest BCUT2D eigenvalue weighted by Crippen LogP contribution is -2.39. The first kappa shape index (κ1) is 14.9. The summed E-state index contributed by atoms with van der Waals surface area (Å²) in [5.41, 5.74) is 1.16. The third kappa shape index (κ3) is 4.26. The topological polar surface area (TPSA) is 24.5 Å². The van der Waals surface area contributed by atoms with Gasteiger partial charge in [0.15, 0.2) is 0 Å². The Labute approximate surface area is 122 Å². The van der Waals surface area contributed by atoms with Crippen molar-refractivity contribution >= 4 is 0 Å². The van der Waals surface area contributed by atoms with Crippen LogP contribution in [-0.4, -0.2) is 38.2 Å². The molecule has 1 aromatic rings. The number of hydrogen-bond acceptors (Lipinski definition) is 3. The predicted molar refractivity (Wildman–Crippen MR) is 82.7 cm³/mol. The molecule has 1 unspecified atom stereocenters. The second-order valence-corrected chi connectivity index (χ2v) is 5.60. The molecule has 0 aliphatic heterocycles. The van der Waals surface area contributed by atoms with Crippen LogP contribution in [-0.2, 0) is 6.54 Å². The van der Waals surface area contributed by atoms with Gasteiger partial charge in [0.05, 0.1) is 0 Å². The lowest BCUT2D eigenvalue weighted by molar-refractivity contribution is 0.255. The van der Waals surface area contributed by atoms with E-state index in [-0.39, 0.29) is 0 Å². The monoisotopic (exact) mass is 272 g/mol. The molecule has 0 saturated heterocycles. The van der Waals surface area contributed by atoms with Crippen LogP contribution in [0.1, 0.15) is 18.4 Å². The molecule has 1 fully saturated rings. The maximum atomic E-state index is 5.56. The van der Waals surface area contributed by atoms with E-state index in [4.69, 9.17) is 11.2 Å². The van der Waals surface area contributed by atoms with Gasteiger partial charge in [-0.1, -0.05) is 24.1 Å². The maximum Gasteiger partial charge on any atom is 0.148 e. The van der Waals surface area contributed by atoms with Crippen molar-refractivity contribution in [2.24, 2.45) is 5.92 Å². The SMILES string of the molecule is C#CCOc1ccccc1CNCC(C1CC1)N(C)C. The molecule has 3 heteroatoms. The largest absolute Gasteiger partial charge is 0.481 e. The summed E-state index contributed by atoms with van der Waals surface area (Å²) in [6.45, 7) is 2.15. The molecule has 1 saturated carbocycles. The number of nitrogens with one attached hydrogen (secondary N) is 1. The highest BCUT2D eigenvalue weighted by molar-refractivity contribution is 5.33. The fourth-order valence-electron chi connectivity index (χ4n) is 2.52. The van der Waals surface area contributed by atoms with Crippen molar-refractivity contribution < 1.29 is 4.74 Å². The summed E-state index contributed by atoms with van der Waals surface area (Å²) < 4.78 is 5.56. The molecule has 0 spiro atoms. The van der Waals surface area contributed by atoms with Crippen molar-refractivity contribution in [3.8, 4) is 18.1 Å². The molecule has 0 aromatic heterocycles. The fraction of sp³-hybridized carbons (Fsp3) is 0.529. The maximum absolute atomic E-state index is 5.56. The van der Waals surface area contributed by atoms with Crippen molar-refractivity contribution in [3.05, 3.63) is 29.8 Å². The van der Waals surface area contributed by atoms with Gasteiger partial charge in [0.25, 0.3) is 0 Å². The van der Waals surface area contributed by atoms with Crippen molar-refractivity contribution in [3.63, 3.8) is 0 Å². The zero-order chi connectivity index (χ0) is 14.4. The molecule has 3 nitrogen and oxygen atoms in total. The smallest absolute Gasteiger partial charge is 0.148 e. The van der Waals surface area contributed by atoms with E-state index in [9.17, 15) is 0 Å². The van der Waals surface area contributed by atoms with Crippen molar-refractivity contribution in [1.82, 2.24) is 10.2 Å². The summed E-state index contributed by atoms with van der Waals surface area (Å²) in [6, 6.07) is 8.69. The van der Waals surface area contributed by atoms with Gasteiger partial charge in [0.1, 0.15) is 12.4 Å².